The largest absolute Gasteiger partial charge is 0.376 e. The Labute approximate surface area is 82.7 Å². The topological polar surface area (TPSA) is 63.4 Å². The van der Waals surface area contributed by atoms with E-state index in [0.29, 0.717) is 18.4 Å². The lowest BCUT2D eigenvalue weighted by Crippen LogP contribution is -2.38. The van der Waals surface area contributed by atoms with Gasteiger partial charge in [0.15, 0.2) is 0 Å². The number of hydrogen-bond acceptors (Lipinski definition) is 3. The molecule has 1 fully saturated rings. The molecule has 1 heterocycles. The Morgan fingerprint density at radius 3 is 3.00 bits per heavy atom. The molecular weight excluding hydrogens is 180 g/mol. The molecule has 0 spiro atoms. The van der Waals surface area contributed by atoms with Crippen LogP contribution in [0.25, 0.3) is 0 Å². The number of ketones is 1. The lowest BCUT2D eigenvalue weighted by molar-refractivity contribution is -0.121. The molecule has 1 saturated carbocycles. The fourth-order valence-electron chi connectivity index (χ4n) is 2.42. The van der Waals surface area contributed by atoms with E-state index in [1.165, 1.54) is 0 Å². The first-order valence-electron chi connectivity index (χ1n) is 4.84. The van der Waals surface area contributed by atoms with Crippen LogP contribution in [0.5, 0.6) is 0 Å². The highest BCUT2D eigenvalue weighted by Gasteiger charge is 2.40. The summed E-state index contributed by atoms with van der Waals surface area (Å²) in [7, 11) is 1.90. The highest BCUT2D eigenvalue weighted by Crippen LogP contribution is 2.34. The van der Waals surface area contributed by atoms with E-state index < -0.39 is 5.91 Å². The van der Waals surface area contributed by atoms with E-state index in [1.807, 2.05) is 11.9 Å². The summed E-state index contributed by atoms with van der Waals surface area (Å²) in [6.45, 7) is 0. The van der Waals surface area contributed by atoms with Crippen LogP contribution in [0.4, 0.5) is 0 Å². The van der Waals surface area contributed by atoms with Gasteiger partial charge in [0.2, 0.25) is 5.91 Å². The number of hydrogen-bond donors (Lipinski definition) is 1. The smallest absolute Gasteiger partial charge is 0.246 e. The van der Waals surface area contributed by atoms with Gasteiger partial charge in [-0.25, -0.2) is 0 Å². The van der Waals surface area contributed by atoms with Crippen LogP contribution in [0.1, 0.15) is 19.3 Å². The maximum atomic E-state index is 11.5. The number of rotatable bonds is 1. The fraction of sp³-hybridized carbons (Fsp3) is 0.600. The van der Waals surface area contributed by atoms with E-state index in [0.717, 1.165) is 6.42 Å². The van der Waals surface area contributed by atoms with E-state index >= 15 is 0 Å². The SMILES string of the molecule is CN1C=C(C(N)=O)C[C@@H]2C(=O)CC[C@@H]21. The standard InChI is InChI=1S/C10H14N2O2/c1-12-5-6(10(11)14)4-7-8(12)2-3-9(7)13/h5,7-8H,2-4H2,1H3,(H2,11,14)/t7-,8-/m0/s1. The Bertz CT molecular complexity index is 322. The van der Waals surface area contributed by atoms with E-state index in [2.05, 4.69) is 0 Å². The Balaban J connectivity index is 2.26. The molecule has 0 aromatic heterocycles. The lowest BCUT2D eigenvalue weighted by atomic mass is 9.90. The number of Topliss-reactive ketones (excluding diaryl/α,β-unsaturated/α-hetero) is 1. The Morgan fingerprint density at radius 1 is 1.64 bits per heavy atom. The van der Waals surface area contributed by atoms with Crippen molar-refractivity contribution in [3.8, 4) is 0 Å². The summed E-state index contributed by atoms with van der Waals surface area (Å²) in [6, 6.07) is 0.283. The summed E-state index contributed by atoms with van der Waals surface area (Å²) >= 11 is 0. The molecule has 0 radical (unpaired) electrons. The summed E-state index contributed by atoms with van der Waals surface area (Å²) in [4.78, 5) is 24.5. The third kappa shape index (κ3) is 1.31. The lowest BCUT2D eigenvalue weighted by Gasteiger charge is -2.32. The minimum Gasteiger partial charge on any atom is -0.376 e. The molecule has 4 nitrogen and oxygen atoms in total. The maximum absolute atomic E-state index is 11.5. The minimum atomic E-state index is -0.407. The minimum absolute atomic E-state index is 0.00694. The van der Waals surface area contributed by atoms with Crippen LogP contribution < -0.4 is 5.73 Å². The Kier molecular flexibility index (Phi) is 2.06. The van der Waals surface area contributed by atoms with Crippen molar-refractivity contribution in [2.75, 3.05) is 7.05 Å². The number of fused-ring (bicyclic) bond motifs is 1. The number of amides is 1. The second-order valence-corrected chi connectivity index (χ2v) is 4.07. The third-order valence-electron chi connectivity index (χ3n) is 3.20. The molecule has 0 bridgehead atoms. The van der Waals surface area contributed by atoms with Crippen molar-refractivity contribution in [3.63, 3.8) is 0 Å². The Hall–Kier alpha value is -1.32. The van der Waals surface area contributed by atoms with E-state index in [4.69, 9.17) is 5.73 Å². The van der Waals surface area contributed by atoms with Gasteiger partial charge in [0, 0.05) is 37.2 Å². The van der Waals surface area contributed by atoms with Crippen molar-refractivity contribution in [3.05, 3.63) is 11.8 Å². The normalized spacial score (nSPS) is 31.4. The van der Waals surface area contributed by atoms with Crippen LogP contribution in [0, 0.1) is 5.92 Å². The van der Waals surface area contributed by atoms with Crippen molar-refractivity contribution in [2.45, 2.75) is 25.3 Å². The third-order valence-corrected chi connectivity index (χ3v) is 3.20. The van der Waals surface area contributed by atoms with Gasteiger partial charge in [-0.15, -0.1) is 0 Å². The van der Waals surface area contributed by atoms with E-state index in [9.17, 15) is 9.59 Å². The van der Waals surface area contributed by atoms with Crippen LogP contribution >= 0.6 is 0 Å². The van der Waals surface area contributed by atoms with Crippen molar-refractivity contribution < 1.29 is 9.59 Å². The maximum Gasteiger partial charge on any atom is 0.246 e. The van der Waals surface area contributed by atoms with Crippen molar-refractivity contribution >= 4 is 11.7 Å². The molecule has 0 aromatic carbocycles. The summed E-state index contributed by atoms with van der Waals surface area (Å²) < 4.78 is 0. The molecule has 1 amide bonds. The molecule has 2 aliphatic rings. The predicted molar refractivity (Wildman–Crippen MR) is 51.2 cm³/mol. The predicted octanol–water partition coefficient (Wildman–Crippen LogP) is 0.0388. The van der Waals surface area contributed by atoms with Gasteiger partial charge in [-0.2, -0.15) is 0 Å². The van der Waals surface area contributed by atoms with Crippen molar-refractivity contribution in [2.24, 2.45) is 11.7 Å². The van der Waals surface area contributed by atoms with E-state index in [-0.39, 0.29) is 17.7 Å². The number of carbonyl (C=O) groups excluding carboxylic acids is 2. The van der Waals surface area contributed by atoms with Gasteiger partial charge in [0.05, 0.1) is 0 Å². The van der Waals surface area contributed by atoms with Crippen molar-refractivity contribution in [1.29, 1.82) is 0 Å². The molecule has 1 aliphatic carbocycles. The first kappa shape index (κ1) is 9.24. The quantitative estimate of drug-likeness (QED) is 0.641. The number of nitrogens with two attached hydrogens (primary N) is 1. The monoisotopic (exact) mass is 194 g/mol. The molecule has 2 N–H and O–H groups in total. The number of carbonyl (C=O) groups is 2. The summed E-state index contributed by atoms with van der Waals surface area (Å²) in [5.74, 6) is -0.142. The van der Waals surface area contributed by atoms with Gasteiger partial charge >= 0.3 is 0 Å². The van der Waals surface area contributed by atoms with Gasteiger partial charge in [-0.3, -0.25) is 9.59 Å². The highest BCUT2D eigenvalue weighted by molar-refractivity contribution is 5.94. The molecule has 4 heteroatoms. The average molecular weight is 194 g/mol. The summed E-state index contributed by atoms with van der Waals surface area (Å²) in [6.07, 6.45) is 3.85. The van der Waals surface area contributed by atoms with E-state index in [1.54, 1.807) is 6.20 Å². The van der Waals surface area contributed by atoms with Crippen LogP contribution in [-0.2, 0) is 9.59 Å². The van der Waals surface area contributed by atoms with Crippen LogP contribution in [0.15, 0.2) is 11.8 Å². The Morgan fingerprint density at radius 2 is 2.36 bits per heavy atom. The molecule has 0 saturated heterocycles. The zero-order valence-electron chi connectivity index (χ0n) is 8.19. The second-order valence-electron chi connectivity index (χ2n) is 4.07. The van der Waals surface area contributed by atoms with Gasteiger partial charge in [-0.1, -0.05) is 0 Å². The molecule has 2 atom stereocenters. The zero-order valence-corrected chi connectivity index (χ0v) is 8.19. The second kappa shape index (κ2) is 3.12. The highest BCUT2D eigenvalue weighted by atomic mass is 16.1. The first-order valence-corrected chi connectivity index (χ1v) is 4.84. The van der Waals surface area contributed by atoms with Crippen LogP contribution in [0.3, 0.4) is 0 Å². The van der Waals surface area contributed by atoms with Gasteiger partial charge in [-0.05, 0) is 12.8 Å². The first-order chi connectivity index (χ1) is 6.59. The van der Waals surface area contributed by atoms with Crippen LogP contribution in [0.2, 0.25) is 0 Å². The van der Waals surface area contributed by atoms with Crippen molar-refractivity contribution in [1.82, 2.24) is 4.90 Å². The molecule has 76 valence electrons. The molecule has 0 aromatic rings. The number of nitrogens with zero attached hydrogens (tertiary/aromatic N) is 1. The zero-order chi connectivity index (χ0) is 10.3. The molecule has 2 rings (SSSR count). The summed E-state index contributed by atoms with van der Waals surface area (Å²) in [5.41, 5.74) is 5.79. The number of primary amides is 1. The fourth-order valence-corrected chi connectivity index (χ4v) is 2.42. The van der Waals surface area contributed by atoms with Crippen LogP contribution in [-0.4, -0.2) is 29.7 Å². The molecular formula is C10H14N2O2. The molecule has 14 heavy (non-hydrogen) atoms. The van der Waals surface area contributed by atoms with Gasteiger partial charge in [0.25, 0.3) is 0 Å². The summed E-state index contributed by atoms with van der Waals surface area (Å²) in [5, 5.41) is 0. The molecule has 0 unspecified atom stereocenters. The molecule has 1 aliphatic heterocycles. The van der Waals surface area contributed by atoms with Gasteiger partial charge < -0.3 is 10.6 Å². The van der Waals surface area contributed by atoms with Gasteiger partial charge in [0.1, 0.15) is 5.78 Å². The average Bonchev–Trinajstić information content (AvgIpc) is 2.48.